The number of likely N-dealkylation sites (N-methyl/N-ethyl adjacent to an activating group) is 1. The summed E-state index contributed by atoms with van der Waals surface area (Å²) < 4.78 is 34.2. The summed E-state index contributed by atoms with van der Waals surface area (Å²) in [7, 11) is 1.67. The van der Waals surface area contributed by atoms with E-state index in [0.717, 1.165) is 16.7 Å². The van der Waals surface area contributed by atoms with Crippen molar-refractivity contribution in [2.75, 3.05) is 13.7 Å². The summed E-state index contributed by atoms with van der Waals surface area (Å²) >= 11 is 0. The van der Waals surface area contributed by atoms with E-state index in [4.69, 9.17) is 4.74 Å². The molecular formula is C19H21F2NO3. The number of rotatable bonds is 7. The van der Waals surface area contributed by atoms with Crippen molar-refractivity contribution >= 4 is 5.91 Å². The third kappa shape index (κ3) is 5.74. The average molecular weight is 349 g/mol. The van der Waals surface area contributed by atoms with Crippen LogP contribution >= 0.6 is 0 Å². The van der Waals surface area contributed by atoms with E-state index >= 15 is 0 Å². The smallest absolute Gasteiger partial charge is 0.387 e. The normalized spacial score (nSPS) is 10.6. The van der Waals surface area contributed by atoms with Gasteiger partial charge in [-0.25, -0.2) is 0 Å². The van der Waals surface area contributed by atoms with Crippen LogP contribution in [-0.4, -0.2) is 31.1 Å². The number of alkyl halides is 2. The molecule has 6 heteroatoms. The first-order valence-corrected chi connectivity index (χ1v) is 7.83. The Balaban J connectivity index is 1.88. The van der Waals surface area contributed by atoms with Crippen LogP contribution in [0.4, 0.5) is 8.78 Å². The first-order chi connectivity index (χ1) is 11.8. The molecule has 134 valence electrons. The van der Waals surface area contributed by atoms with Gasteiger partial charge in [0.1, 0.15) is 11.5 Å². The van der Waals surface area contributed by atoms with Crippen LogP contribution in [0.2, 0.25) is 0 Å². The van der Waals surface area contributed by atoms with Crippen molar-refractivity contribution in [1.29, 1.82) is 0 Å². The Labute approximate surface area is 146 Å². The minimum absolute atomic E-state index is 0.0621. The van der Waals surface area contributed by atoms with E-state index in [1.54, 1.807) is 19.2 Å². The standard InChI is InChI=1S/C19H21F2NO3/c1-13-4-5-14(2)17(10-13)24-12-18(23)22(3)11-15-6-8-16(9-7-15)25-19(20)21/h4-10,19H,11-12H2,1-3H3. The van der Waals surface area contributed by atoms with Crippen molar-refractivity contribution in [1.82, 2.24) is 4.90 Å². The molecule has 2 rings (SSSR count). The fraction of sp³-hybridized carbons (Fsp3) is 0.316. The molecule has 0 bridgehead atoms. The van der Waals surface area contributed by atoms with Gasteiger partial charge in [0.25, 0.3) is 5.91 Å². The molecule has 1 amide bonds. The van der Waals surface area contributed by atoms with Crippen molar-refractivity contribution in [3.05, 3.63) is 59.2 Å². The number of carbonyl (C=O) groups is 1. The zero-order valence-corrected chi connectivity index (χ0v) is 14.5. The molecule has 0 aliphatic heterocycles. The lowest BCUT2D eigenvalue weighted by Gasteiger charge is -2.18. The van der Waals surface area contributed by atoms with Crippen molar-refractivity contribution in [2.24, 2.45) is 0 Å². The molecule has 0 aliphatic carbocycles. The van der Waals surface area contributed by atoms with E-state index in [1.165, 1.54) is 17.0 Å². The number of hydrogen-bond donors (Lipinski definition) is 0. The van der Waals surface area contributed by atoms with Gasteiger partial charge in [-0.15, -0.1) is 0 Å². The highest BCUT2D eigenvalue weighted by atomic mass is 19.3. The maximum atomic E-state index is 12.2. The molecule has 2 aromatic rings. The molecule has 0 aromatic heterocycles. The number of amides is 1. The van der Waals surface area contributed by atoms with Crippen molar-refractivity contribution < 1.29 is 23.0 Å². The average Bonchev–Trinajstić information content (AvgIpc) is 2.56. The fourth-order valence-electron chi connectivity index (χ4n) is 2.25. The summed E-state index contributed by atoms with van der Waals surface area (Å²) in [4.78, 5) is 13.7. The molecule has 4 nitrogen and oxygen atoms in total. The zero-order valence-electron chi connectivity index (χ0n) is 14.5. The van der Waals surface area contributed by atoms with Gasteiger partial charge in [-0.1, -0.05) is 24.3 Å². The minimum atomic E-state index is -2.85. The number of hydrogen-bond acceptors (Lipinski definition) is 3. The number of benzene rings is 2. The van der Waals surface area contributed by atoms with Crippen molar-refractivity contribution in [3.8, 4) is 11.5 Å². The van der Waals surface area contributed by atoms with Gasteiger partial charge in [0.2, 0.25) is 0 Å². The Kier molecular flexibility index (Phi) is 6.33. The summed E-state index contributed by atoms with van der Waals surface area (Å²) in [6.45, 7) is 1.32. The summed E-state index contributed by atoms with van der Waals surface area (Å²) in [5.74, 6) is 0.607. The van der Waals surface area contributed by atoms with Crippen molar-refractivity contribution in [3.63, 3.8) is 0 Å². The molecule has 0 saturated carbocycles. The Bertz CT molecular complexity index is 717. The van der Waals surface area contributed by atoms with Crippen LogP contribution in [0.25, 0.3) is 0 Å². The lowest BCUT2D eigenvalue weighted by Crippen LogP contribution is -2.31. The molecule has 0 N–H and O–H groups in total. The second kappa shape index (κ2) is 8.46. The quantitative estimate of drug-likeness (QED) is 0.760. The first kappa shape index (κ1) is 18.7. The Morgan fingerprint density at radius 1 is 1.12 bits per heavy atom. The number of nitrogens with zero attached hydrogens (tertiary/aromatic N) is 1. The lowest BCUT2D eigenvalue weighted by atomic mass is 10.1. The van der Waals surface area contributed by atoms with Crippen LogP contribution in [0.1, 0.15) is 16.7 Å². The summed E-state index contributed by atoms with van der Waals surface area (Å²) in [6.07, 6.45) is 0. The number of halogens is 2. The number of carbonyl (C=O) groups excluding carboxylic acids is 1. The summed E-state index contributed by atoms with van der Waals surface area (Å²) in [6, 6.07) is 12.0. The van der Waals surface area contributed by atoms with Crippen molar-refractivity contribution in [2.45, 2.75) is 27.0 Å². The van der Waals surface area contributed by atoms with E-state index in [-0.39, 0.29) is 18.3 Å². The third-order valence-electron chi connectivity index (χ3n) is 3.69. The maximum Gasteiger partial charge on any atom is 0.387 e. The number of aryl methyl sites for hydroxylation is 2. The van der Waals surface area contributed by atoms with Gasteiger partial charge >= 0.3 is 6.61 Å². The second-order valence-corrected chi connectivity index (χ2v) is 5.83. The van der Waals surface area contributed by atoms with Crippen LogP contribution in [0, 0.1) is 13.8 Å². The molecule has 0 unspecified atom stereocenters. The van der Waals surface area contributed by atoms with Crippen LogP contribution < -0.4 is 9.47 Å². The zero-order chi connectivity index (χ0) is 18.4. The largest absolute Gasteiger partial charge is 0.483 e. The third-order valence-corrected chi connectivity index (χ3v) is 3.69. The van der Waals surface area contributed by atoms with Gasteiger partial charge in [0, 0.05) is 13.6 Å². The van der Waals surface area contributed by atoms with Gasteiger partial charge < -0.3 is 14.4 Å². The molecule has 0 atom stereocenters. The van der Waals surface area contributed by atoms with Gasteiger partial charge in [-0.3, -0.25) is 4.79 Å². The minimum Gasteiger partial charge on any atom is -0.483 e. The Morgan fingerprint density at radius 2 is 1.80 bits per heavy atom. The number of ether oxygens (including phenoxy) is 2. The van der Waals surface area contributed by atoms with E-state index in [0.29, 0.717) is 12.3 Å². The van der Waals surface area contributed by atoms with E-state index in [1.807, 2.05) is 32.0 Å². The highest BCUT2D eigenvalue weighted by Crippen LogP contribution is 2.19. The first-order valence-electron chi connectivity index (χ1n) is 7.83. The van der Waals surface area contributed by atoms with Gasteiger partial charge in [-0.05, 0) is 48.7 Å². The molecule has 0 aliphatic rings. The van der Waals surface area contributed by atoms with E-state index in [9.17, 15) is 13.6 Å². The molecular weight excluding hydrogens is 328 g/mol. The van der Waals surface area contributed by atoms with Crippen LogP contribution in [0.5, 0.6) is 11.5 Å². The molecule has 2 aromatic carbocycles. The van der Waals surface area contributed by atoms with Crippen LogP contribution in [0.3, 0.4) is 0 Å². The summed E-state index contributed by atoms with van der Waals surface area (Å²) in [5, 5.41) is 0. The molecule has 0 spiro atoms. The highest BCUT2D eigenvalue weighted by molar-refractivity contribution is 5.77. The van der Waals surface area contributed by atoms with Gasteiger partial charge in [0.05, 0.1) is 0 Å². The highest BCUT2D eigenvalue weighted by Gasteiger charge is 2.12. The Morgan fingerprint density at radius 3 is 2.44 bits per heavy atom. The monoisotopic (exact) mass is 349 g/mol. The predicted octanol–water partition coefficient (Wildman–Crippen LogP) is 3.94. The summed E-state index contributed by atoms with van der Waals surface area (Å²) in [5.41, 5.74) is 2.84. The fourth-order valence-corrected chi connectivity index (χ4v) is 2.25. The maximum absolute atomic E-state index is 12.2. The molecule has 0 saturated heterocycles. The molecule has 0 heterocycles. The van der Waals surface area contributed by atoms with Crippen LogP contribution in [-0.2, 0) is 11.3 Å². The Hall–Kier alpha value is -2.63. The molecule has 0 radical (unpaired) electrons. The van der Waals surface area contributed by atoms with E-state index < -0.39 is 6.61 Å². The van der Waals surface area contributed by atoms with Gasteiger partial charge in [-0.2, -0.15) is 8.78 Å². The predicted molar refractivity (Wildman–Crippen MR) is 91.0 cm³/mol. The van der Waals surface area contributed by atoms with E-state index in [2.05, 4.69) is 4.74 Å². The molecule has 25 heavy (non-hydrogen) atoms. The lowest BCUT2D eigenvalue weighted by molar-refractivity contribution is -0.132. The SMILES string of the molecule is Cc1ccc(C)c(OCC(=O)N(C)Cc2ccc(OC(F)F)cc2)c1. The van der Waals surface area contributed by atoms with Crippen LogP contribution in [0.15, 0.2) is 42.5 Å². The molecule has 0 fully saturated rings. The second-order valence-electron chi connectivity index (χ2n) is 5.83. The topological polar surface area (TPSA) is 38.8 Å². The van der Waals surface area contributed by atoms with Gasteiger partial charge in [0.15, 0.2) is 6.61 Å².